The second-order valence-electron chi connectivity index (χ2n) is 3.05. The van der Waals surface area contributed by atoms with E-state index in [9.17, 15) is 8.78 Å². The maximum Gasteiger partial charge on any atom is 0.261 e. The molecule has 7 heteroatoms. The molecular weight excluding hydrogens is 305 g/mol. The Morgan fingerprint density at radius 2 is 2.12 bits per heavy atom. The van der Waals surface area contributed by atoms with Crippen molar-refractivity contribution in [3.63, 3.8) is 0 Å². The quantitative estimate of drug-likeness (QED) is 0.619. The van der Waals surface area contributed by atoms with E-state index in [1.54, 1.807) is 6.92 Å². The molecule has 16 heavy (non-hydrogen) atoms. The first kappa shape index (κ1) is 13.7. The Labute approximate surface area is 105 Å². The number of halogens is 4. The number of aromatic nitrogens is 2. The van der Waals surface area contributed by atoms with Gasteiger partial charge in [-0.15, -0.1) is 0 Å². The van der Waals surface area contributed by atoms with E-state index in [1.165, 1.54) is 0 Å². The van der Waals surface area contributed by atoms with Crippen molar-refractivity contribution in [2.45, 2.75) is 19.8 Å². The maximum atomic E-state index is 11.8. The average Bonchev–Trinajstić information content (AvgIpc) is 2.20. The number of ether oxygens (including phenoxy) is 1. The smallest absolute Gasteiger partial charge is 0.261 e. The fourth-order valence-electron chi connectivity index (χ4n) is 1.03. The van der Waals surface area contributed by atoms with Gasteiger partial charge in [0, 0.05) is 6.42 Å². The highest BCUT2D eigenvalue weighted by Gasteiger charge is 2.08. The van der Waals surface area contributed by atoms with Gasteiger partial charge >= 0.3 is 0 Å². The van der Waals surface area contributed by atoms with Gasteiger partial charge in [0.1, 0.15) is 17.6 Å². The molecule has 1 aromatic heterocycles. The molecule has 0 aliphatic heterocycles. The van der Waals surface area contributed by atoms with E-state index in [2.05, 4.69) is 25.9 Å². The Balaban J connectivity index is 2.49. The van der Waals surface area contributed by atoms with Crippen molar-refractivity contribution < 1.29 is 13.5 Å². The minimum atomic E-state index is -2.45. The van der Waals surface area contributed by atoms with Crippen LogP contribution in [-0.2, 0) is 11.2 Å². The van der Waals surface area contributed by atoms with E-state index in [1.807, 2.05) is 0 Å². The number of alkyl halides is 2. The molecule has 0 aromatic carbocycles. The minimum Gasteiger partial charge on any atom is -0.375 e. The lowest BCUT2D eigenvalue weighted by molar-refractivity contribution is 0.0182. The van der Waals surface area contributed by atoms with E-state index in [4.69, 9.17) is 16.3 Å². The number of aryl methyl sites for hydroxylation is 1. The molecule has 0 aliphatic rings. The highest BCUT2D eigenvalue weighted by molar-refractivity contribution is 9.10. The van der Waals surface area contributed by atoms with Crippen molar-refractivity contribution in [1.29, 1.82) is 0 Å². The number of hydrogen-bond acceptors (Lipinski definition) is 3. The third-order valence-electron chi connectivity index (χ3n) is 1.74. The summed E-state index contributed by atoms with van der Waals surface area (Å²) < 4.78 is 28.9. The monoisotopic (exact) mass is 314 g/mol. The van der Waals surface area contributed by atoms with Crippen LogP contribution < -0.4 is 0 Å². The normalized spacial score (nSPS) is 11.1. The van der Waals surface area contributed by atoms with Gasteiger partial charge in [-0.25, -0.2) is 18.7 Å². The molecule has 0 bridgehead atoms. The topological polar surface area (TPSA) is 35.0 Å². The summed E-state index contributed by atoms with van der Waals surface area (Å²) in [4.78, 5) is 8.13. The number of rotatable bonds is 5. The standard InChI is InChI=1S/C9H10BrClF2N2O/c1-5-8(10)9(11)15-7(14-5)2-3-16-4-6(12)13/h6H,2-4H2,1H3. The minimum absolute atomic E-state index is 0.155. The molecular formula is C9H10BrClF2N2O. The van der Waals surface area contributed by atoms with Crippen molar-refractivity contribution >= 4 is 27.5 Å². The maximum absolute atomic E-state index is 11.8. The second kappa shape index (κ2) is 6.42. The van der Waals surface area contributed by atoms with Crippen molar-refractivity contribution in [2.24, 2.45) is 0 Å². The van der Waals surface area contributed by atoms with Crippen LogP contribution in [0.15, 0.2) is 4.47 Å². The Kier molecular flexibility index (Phi) is 5.51. The zero-order chi connectivity index (χ0) is 12.1. The van der Waals surface area contributed by atoms with Gasteiger partial charge in [0.25, 0.3) is 6.43 Å². The summed E-state index contributed by atoms with van der Waals surface area (Å²) in [6.07, 6.45) is -2.09. The number of nitrogens with zero attached hydrogens (tertiary/aromatic N) is 2. The summed E-state index contributed by atoms with van der Waals surface area (Å²) >= 11 is 9.05. The lowest BCUT2D eigenvalue weighted by Gasteiger charge is -2.05. The number of hydrogen-bond donors (Lipinski definition) is 0. The average molecular weight is 316 g/mol. The van der Waals surface area contributed by atoms with Crippen LogP contribution in [-0.4, -0.2) is 29.6 Å². The molecule has 0 aliphatic carbocycles. The van der Waals surface area contributed by atoms with Crippen LogP contribution in [0.5, 0.6) is 0 Å². The van der Waals surface area contributed by atoms with Gasteiger partial charge in [-0.3, -0.25) is 0 Å². The molecule has 0 saturated heterocycles. The molecule has 1 heterocycles. The molecule has 0 N–H and O–H groups in total. The van der Waals surface area contributed by atoms with Crippen LogP contribution in [0, 0.1) is 6.92 Å². The highest BCUT2D eigenvalue weighted by atomic mass is 79.9. The summed E-state index contributed by atoms with van der Waals surface area (Å²) in [7, 11) is 0. The third-order valence-corrected chi connectivity index (χ3v) is 3.19. The van der Waals surface area contributed by atoms with Crippen LogP contribution in [0.4, 0.5) is 8.78 Å². The van der Waals surface area contributed by atoms with Crippen molar-refractivity contribution in [1.82, 2.24) is 9.97 Å². The van der Waals surface area contributed by atoms with Gasteiger partial charge in [-0.1, -0.05) is 11.6 Å². The third kappa shape index (κ3) is 4.27. The largest absolute Gasteiger partial charge is 0.375 e. The molecule has 0 spiro atoms. The molecule has 0 saturated carbocycles. The van der Waals surface area contributed by atoms with E-state index in [0.717, 1.165) is 0 Å². The highest BCUT2D eigenvalue weighted by Crippen LogP contribution is 2.22. The van der Waals surface area contributed by atoms with Crippen LogP contribution in [0.2, 0.25) is 5.15 Å². The van der Waals surface area contributed by atoms with Gasteiger partial charge < -0.3 is 4.74 Å². The van der Waals surface area contributed by atoms with E-state index < -0.39 is 13.0 Å². The zero-order valence-electron chi connectivity index (χ0n) is 8.51. The molecule has 0 unspecified atom stereocenters. The van der Waals surface area contributed by atoms with Gasteiger partial charge in [0.15, 0.2) is 0 Å². The summed E-state index contributed by atoms with van der Waals surface area (Å²) in [5.74, 6) is 0.486. The summed E-state index contributed by atoms with van der Waals surface area (Å²) in [5, 5.41) is 0.316. The first-order valence-electron chi connectivity index (χ1n) is 4.55. The van der Waals surface area contributed by atoms with Crippen molar-refractivity contribution in [3.05, 3.63) is 21.1 Å². The molecule has 0 radical (unpaired) electrons. The Morgan fingerprint density at radius 1 is 1.44 bits per heavy atom. The van der Waals surface area contributed by atoms with Crippen LogP contribution in [0.1, 0.15) is 11.5 Å². The zero-order valence-corrected chi connectivity index (χ0v) is 10.9. The lowest BCUT2D eigenvalue weighted by atomic mass is 10.4. The fourth-order valence-corrected chi connectivity index (χ4v) is 1.44. The van der Waals surface area contributed by atoms with Gasteiger partial charge in [-0.05, 0) is 22.9 Å². The molecule has 1 rings (SSSR count). The molecule has 0 amide bonds. The molecule has 90 valence electrons. The Hall–Kier alpha value is -0.330. The summed E-state index contributed by atoms with van der Waals surface area (Å²) in [6.45, 7) is 1.37. The molecule has 0 fully saturated rings. The SMILES string of the molecule is Cc1nc(CCOCC(F)F)nc(Cl)c1Br. The van der Waals surface area contributed by atoms with Crippen LogP contribution >= 0.6 is 27.5 Å². The first-order valence-corrected chi connectivity index (χ1v) is 5.72. The Bertz CT molecular complexity index is 342. The molecule has 1 aromatic rings. The lowest BCUT2D eigenvalue weighted by Crippen LogP contribution is -2.09. The predicted molar refractivity (Wildman–Crippen MR) is 60.0 cm³/mol. The van der Waals surface area contributed by atoms with Crippen LogP contribution in [0.25, 0.3) is 0 Å². The predicted octanol–water partition coefficient (Wildman–Crippen LogP) is 3.03. The van der Waals surface area contributed by atoms with Gasteiger partial charge in [0.2, 0.25) is 0 Å². The summed E-state index contributed by atoms with van der Waals surface area (Å²) in [5.41, 5.74) is 0.712. The first-order chi connectivity index (χ1) is 7.50. The van der Waals surface area contributed by atoms with E-state index in [0.29, 0.717) is 27.6 Å². The molecule has 0 atom stereocenters. The van der Waals surface area contributed by atoms with Crippen molar-refractivity contribution in [3.8, 4) is 0 Å². The van der Waals surface area contributed by atoms with Gasteiger partial charge in [-0.2, -0.15) is 0 Å². The van der Waals surface area contributed by atoms with Crippen molar-refractivity contribution in [2.75, 3.05) is 13.2 Å². The fraction of sp³-hybridized carbons (Fsp3) is 0.556. The van der Waals surface area contributed by atoms with Crippen LogP contribution in [0.3, 0.4) is 0 Å². The van der Waals surface area contributed by atoms with E-state index in [-0.39, 0.29) is 6.61 Å². The van der Waals surface area contributed by atoms with Gasteiger partial charge in [0.05, 0.1) is 16.8 Å². The molecule has 3 nitrogen and oxygen atoms in total. The van der Waals surface area contributed by atoms with E-state index >= 15 is 0 Å². The second-order valence-corrected chi connectivity index (χ2v) is 4.20. The Morgan fingerprint density at radius 3 is 2.69 bits per heavy atom. The summed E-state index contributed by atoms with van der Waals surface area (Å²) in [6, 6.07) is 0.